The fourth-order valence-corrected chi connectivity index (χ4v) is 6.48. The monoisotopic (exact) mass is 746 g/mol. The SMILES string of the molecule is C=C/C=c1/c(SC(C)(C)C)c(CC(C)(C)C(=O)OCC)n(Cc2ccc(C3=CC=C(C)NC3)cc2)/c1=C/C.CC.CC.CC.COCc1ccccn1. The van der Waals surface area contributed by atoms with E-state index in [4.69, 9.17) is 9.47 Å². The van der Waals surface area contributed by atoms with Crippen LogP contribution in [0.15, 0.2) is 84.1 Å². The third-order valence-corrected chi connectivity index (χ3v) is 8.85. The Labute approximate surface area is 327 Å². The quantitative estimate of drug-likeness (QED) is 0.156. The van der Waals surface area contributed by atoms with E-state index in [1.54, 1.807) is 13.3 Å². The molecule has 1 N–H and O–H groups in total. The molecule has 4 rings (SSSR count). The number of pyridine rings is 1. The van der Waals surface area contributed by atoms with Crippen LogP contribution >= 0.6 is 11.8 Å². The van der Waals surface area contributed by atoms with Crippen LogP contribution in [0.3, 0.4) is 0 Å². The molecule has 0 fully saturated rings. The first-order chi connectivity index (χ1) is 25.3. The highest BCUT2D eigenvalue weighted by molar-refractivity contribution is 8.00. The lowest BCUT2D eigenvalue weighted by Gasteiger charge is -2.26. The topological polar surface area (TPSA) is 65.4 Å². The van der Waals surface area contributed by atoms with E-state index in [1.807, 2.05) is 98.4 Å². The van der Waals surface area contributed by atoms with Crippen molar-refractivity contribution in [3.63, 3.8) is 0 Å². The number of hydrogen-bond acceptors (Lipinski definition) is 6. The van der Waals surface area contributed by atoms with Crippen LogP contribution in [-0.2, 0) is 33.8 Å². The van der Waals surface area contributed by atoms with Crippen molar-refractivity contribution in [2.24, 2.45) is 5.41 Å². The molecule has 1 aliphatic rings. The molecule has 7 heteroatoms. The zero-order valence-corrected chi connectivity index (χ0v) is 36.6. The van der Waals surface area contributed by atoms with Crippen molar-refractivity contribution in [2.45, 2.75) is 126 Å². The predicted molar refractivity (Wildman–Crippen MR) is 232 cm³/mol. The molecular weight excluding hydrogens is 675 g/mol. The Kier molecular flexibility index (Phi) is 24.2. The molecule has 0 saturated heterocycles. The third kappa shape index (κ3) is 16.4. The van der Waals surface area contributed by atoms with E-state index >= 15 is 0 Å². The Balaban J connectivity index is 0.00000152. The Morgan fingerprint density at radius 3 is 2.11 bits per heavy atom. The number of carbonyl (C=O) groups is 1. The van der Waals surface area contributed by atoms with Gasteiger partial charge in [-0.15, -0.1) is 11.8 Å². The van der Waals surface area contributed by atoms with Gasteiger partial charge in [0.15, 0.2) is 0 Å². The molecule has 0 atom stereocenters. The second-order valence-electron chi connectivity index (χ2n) is 13.2. The molecule has 1 aliphatic heterocycles. The Bertz CT molecular complexity index is 1680. The van der Waals surface area contributed by atoms with Crippen LogP contribution in [0.25, 0.3) is 17.7 Å². The van der Waals surface area contributed by atoms with Crippen LogP contribution in [0.2, 0.25) is 0 Å². The van der Waals surface area contributed by atoms with Crippen LogP contribution < -0.4 is 15.9 Å². The summed E-state index contributed by atoms with van der Waals surface area (Å²) in [5.41, 5.74) is 6.40. The number of thioether (sulfide) groups is 1. The number of nitrogens with zero attached hydrogens (tertiary/aromatic N) is 2. The van der Waals surface area contributed by atoms with Crippen LogP contribution in [0, 0.1) is 5.41 Å². The summed E-state index contributed by atoms with van der Waals surface area (Å²) in [7, 11) is 1.66. The van der Waals surface area contributed by atoms with E-state index in [0.29, 0.717) is 26.2 Å². The lowest BCUT2D eigenvalue weighted by Crippen LogP contribution is -2.32. The minimum atomic E-state index is -0.661. The number of benzene rings is 1. The molecule has 0 saturated carbocycles. The fourth-order valence-electron chi connectivity index (χ4n) is 5.28. The number of dihydropyridines is 1. The molecule has 0 radical (unpaired) electrons. The minimum absolute atomic E-state index is 0.0000208. The summed E-state index contributed by atoms with van der Waals surface area (Å²) >= 11 is 1.85. The number of ether oxygens (including phenoxy) is 2. The number of esters is 1. The largest absolute Gasteiger partial charge is 0.466 e. The van der Waals surface area contributed by atoms with Gasteiger partial charge in [-0.3, -0.25) is 9.78 Å². The van der Waals surface area contributed by atoms with Crippen molar-refractivity contribution < 1.29 is 14.3 Å². The lowest BCUT2D eigenvalue weighted by atomic mass is 9.87. The van der Waals surface area contributed by atoms with Gasteiger partial charge in [0.1, 0.15) is 0 Å². The Hall–Kier alpha value is -3.81. The highest BCUT2D eigenvalue weighted by Gasteiger charge is 2.33. The molecule has 6 nitrogen and oxygen atoms in total. The zero-order valence-electron chi connectivity index (χ0n) is 35.8. The van der Waals surface area contributed by atoms with E-state index in [9.17, 15) is 4.79 Å². The van der Waals surface area contributed by atoms with Gasteiger partial charge in [-0.1, -0.05) is 124 Å². The number of aromatic nitrogens is 2. The Morgan fingerprint density at radius 2 is 1.64 bits per heavy atom. The van der Waals surface area contributed by atoms with Gasteiger partial charge >= 0.3 is 5.97 Å². The number of nitrogens with one attached hydrogen (secondary N) is 1. The van der Waals surface area contributed by atoms with Gasteiger partial charge in [0, 0.05) is 64.4 Å². The van der Waals surface area contributed by atoms with Crippen molar-refractivity contribution >= 4 is 35.5 Å². The van der Waals surface area contributed by atoms with Gasteiger partial charge in [-0.05, 0) is 69.5 Å². The molecule has 0 amide bonds. The van der Waals surface area contributed by atoms with Crippen molar-refractivity contribution in [1.82, 2.24) is 14.9 Å². The van der Waals surface area contributed by atoms with E-state index in [0.717, 1.165) is 28.5 Å². The van der Waals surface area contributed by atoms with Gasteiger partial charge in [-0.2, -0.15) is 0 Å². The van der Waals surface area contributed by atoms with E-state index < -0.39 is 5.41 Å². The second kappa shape index (κ2) is 26.0. The summed E-state index contributed by atoms with van der Waals surface area (Å²) in [4.78, 5) is 18.2. The maximum atomic E-state index is 12.9. The highest BCUT2D eigenvalue weighted by atomic mass is 32.2. The van der Waals surface area contributed by atoms with Gasteiger partial charge in [0.2, 0.25) is 0 Å². The summed E-state index contributed by atoms with van der Waals surface area (Å²) in [6.45, 7) is 35.2. The van der Waals surface area contributed by atoms with Crippen LogP contribution in [-0.4, -0.2) is 40.5 Å². The molecular formula is C46H71N3O3S. The Morgan fingerprint density at radius 1 is 1.00 bits per heavy atom. The van der Waals surface area contributed by atoms with Crippen molar-refractivity contribution in [2.75, 3.05) is 20.3 Å². The molecule has 3 aromatic rings. The smallest absolute Gasteiger partial charge is 0.311 e. The first kappa shape index (κ1) is 49.2. The van der Waals surface area contributed by atoms with Crippen molar-refractivity contribution in [3.8, 4) is 0 Å². The van der Waals surface area contributed by atoms with Gasteiger partial charge < -0.3 is 19.4 Å². The lowest BCUT2D eigenvalue weighted by molar-refractivity contribution is -0.153. The first-order valence-electron chi connectivity index (χ1n) is 19.3. The van der Waals surface area contributed by atoms with Gasteiger partial charge in [-0.25, -0.2) is 0 Å². The number of methoxy groups -OCH3 is 1. The average Bonchev–Trinajstić information content (AvgIpc) is 3.40. The molecule has 3 heterocycles. The van der Waals surface area contributed by atoms with Crippen LogP contribution in [0.5, 0.6) is 0 Å². The van der Waals surface area contributed by atoms with Gasteiger partial charge in [0.05, 0.1) is 24.3 Å². The normalized spacial score (nSPS) is 12.8. The maximum Gasteiger partial charge on any atom is 0.311 e. The number of carbonyl (C=O) groups excluding carboxylic acids is 1. The summed E-state index contributed by atoms with van der Waals surface area (Å²) in [6, 6.07) is 14.6. The number of rotatable bonds is 11. The molecule has 0 spiro atoms. The summed E-state index contributed by atoms with van der Waals surface area (Å²) in [5, 5.41) is 5.73. The maximum absolute atomic E-state index is 12.9. The zero-order chi connectivity index (χ0) is 40.6. The molecule has 0 unspecified atom stereocenters. The standard InChI is InChI=1S/C33H44N2O2S.C7H9NO.3C2H6/c1-10-13-27-28(11-2)35(22-24-15-18-25(19-16-24)26-17-14-23(4)34-21-26)29(30(27)38-32(5,6)7)20-33(8,9)31(36)37-12-3;1-9-6-7-4-2-3-5-8-7;3*1-2/h10-11,13-19,34H,1,12,20-22H2,2-9H3;2-5H,6H2,1H3;3*1-2H3/b27-13+,28-11+;;;;. The van der Waals surface area contributed by atoms with Crippen molar-refractivity contribution in [3.05, 3.63) is 112 Å². The fraction of sp³-hybridized carbons (Fsp3) is 0.478. The number of allylic oxidation sites excluding steroid dienone is 4. The predicted octanol–water partition coefficient (Wildman–Crippen LogP) is 10.5. The molecule has 0 bridgehead atoms. The van der Waals surface area contributed by atoms with E-state index in [2.05, 4.69) is 105 Å². The van der Waals surface area contributed by atoms with Crippen molar-refractivity contribution in [1.29, 1.82) is 0 Å². The molecule has 0 aliphatic carbocycles. The second-order valence-corrected chi connectivity index (χ2v) is 15.0. The first-order valence-corrected chi connectivity index (χ1v) is 20.1. The summed E-state index contributed by atoms with van der Waals surface area (Å²) in [5.74, 6) is -0.168. The summed E-state index contributed by atoms with van der Waals surface area (Å²) < 4.78 is 12.7. The molecule has 53 heavy (non-hydrogen) atoms. The average molecular weight is 746 g/mol. The van der Waals surface area contributed by atoms with E-state index in [1.165, 1.54) is 27.3 Å². The third-order valence-electron chi connectivity index (χ3n) is 7.58. The van der Waals surface area contributed by atoms with Crippen LogP contribution in [0.4, 0.5) is 0 Å². The highest BCUT2D eigenvalue weighted by Crippen LogP contribution is 2.35. The van der Waals surface area contributed by atoms with Gasteiger partial charge in [0.25, 0.3) is 0 Å². The number of hydrogen-bond donors (Lipinski definition) is 1. The van der Waals surface area contributed by atoms with E-state index in [-0.39, 0.29) is 10.7 Å². The van der Waals surface area contributed by atoms with Crippen LogP contribution in [0.1, 0.15) is 119 Å². The summed E-state index contributed by atoms with van der Waals surface area (Å²) in [6.07, 6.45) is 12.8. The molecule has 294 valence electrons. The molecule has 1 aromatic carbocycles. The molecule has 2 aromatic heterocycles. The minimum Gasteiger partial charge on any atom is -0.466 e.